The number of alkyl halides is 3. The Morgan fingerprint density at radius 1 is 1.06 bits per heavy atom. The number of fused-ring (bicyclic) bond motifs is 1. The summed E-state index contributed by atoms with van der Waals surface area (Å²) < 4.78 is 37.9. The third kappa shape index (κ3) is 4.35. The van der Waals surface area contributed by atoms with Gasteiger partial charge in [0.15, 0.2) is 0 Å². The molecule has 0 spiro atoms. The van der Waals surface area contributed by atoms with Crippen LogP contribution in [0.1, 0.15) is 19.4 Å². The number of carbonyl (C=O) groups is 2. The van der Waals surface area contributed by atoms with Gasteiger partial charge >= 0.3 is 11.5 Å². The normalized spacial score (nSPS) is 16.1. The number of imide groups is 1. The van der Waals surface area contributed by atoms with Gasteiger partial charge in [-0.1, -0.05) is 18.2 Å². The maximum atomic E-state index is 13.4. The Labute approximate surface area is 192 Å². The quantitative estimate of drug-likeness (QED) is 0.383. The van der Waals surface area contributed by atoms with Crippen molar-refractivity contribution in [3.8, 4) is 0 Å². The van der Waals surface area contributed by atoms with E-state index in [2.05, 4.69) is 10.3 Å². The number of nitrogens with one attached hydrogen (secondary N) is 1. The number of urea groups is 1. The molecule has 0 aliphatic carbocycles. The summed E-state index contributed by atoms with van der Waals surface area (Å²) in [5.74, 6) is 0.185. The minimum atomic E-state index is -4.42. The summed E-state index contributed by atoms with van der Waals surface area (Å²) in [7, 11) is 1.75. The minimum Gasteiger partial charge on any atom is -0.373 e. The molecule has 0 atom stereocenters. The Hall–Kier alpha value is -3.27. The summed E-state index contributed by atoms with van der Waals surface area (Å²) in [4.78, 5) is 33.5. The second kappa shape index (κ2) is 8.26. The van der Waals surface area contributed by atoms with Crippen molar-refractivity contribution < 1.29 is 22.8 Å². The van der Waals surface area contributed by atoms with Gasteiger partial charge < -0.3 is 10.2 Å². The van der Waals surface area contributed by atoms with Crippen LogP contribution in [0, 0.1) is 0 Å². The smallest absolute Gasteiger partial charge is 0.373 e. The van der Waals surface area contributed by atoms with Gasteiger partial charge in [0.25, 0.3) is 5.91 Å². The molecular weight excluding hydrogens is 453 g/mol. The fourth-order valence-corrected chi connectivity index (χ4v) is 4.34. The van der Waals surface area contributed by atoms with Gasteiger partial charge in [0.2, 0.25) is 0 Å². The number of rotatable bonds is 5. The molecule has 0 bridgehead atoms. The molecule has 3 aromatic rings. The van der Waals surface area contributed by atoms with Gasteiger partial charge in [-0.15, -0.1) is 0 Å². The lowest BCUT2D eigenvalue weighted by atomic mass is 10.0. The van der Waals surface area contributed by atoms with Crippen molar-refractivity contribution in [2.45, 2.75) is 36.3 Å². The van der Waals surface area contributed by atoms with E-state index >= 15 is 0 Å². The first kappa shape index (κ1) is 22.9. The molecule has 0 saturated carbocycles. The largest absolute Gasteiger partial charge is 0.446 e. The van der Waals surface area contributed by atoms with Gasteiger partial charge in [-0.3, -0.25) is 4.79 Å². The maximum Gasteiger partial charge on any atom is 0.446 e. The van der Waals surface area contributed by atoms with Gasteiger partial charge in [0.05, 0.1) is 11.2 Å². The highest BCUT2D eigenvalue weighted by Gasteiger charge is 2.51. The molecule has 0 radical (unpaired) electrons. The van der Waals surface area contributed by atoms with Crippen molar-refractivity contribution in [2.75, 3.05) is 17.3 Å². The molecule has 1 N–H and O–H groups in total. The van der Waals surface area contributed by atoms with Crippen LogP contribution < -0.4 is 10.2 Å². The van der Waals surface area contributed by atoms with Crippen molar-refractivity contribution in [3.63, 3.8) is 0 Å². The van der Waals surface area contributed by atoms with E-state index in [1.807, 2.05) is 30.3 Å². The van der Waals surface area contributed by atoms with Crippen LogP contribution in [0.3, 0.4) is 0 Å². The zero-order valence-electron chi connectivity index (χ0n) is 18.1. The monoisotopic (exact) mass is 474 g/mol. The molecule has 2 aromatic carbocycles. The van der Waals surface area contributed by atoms with Gasteiger partial charge in [-0.05, 0) is 67.6 Å². The first-order chi connectivity index (χ1) is 15.5. The van der Waals surface area contributed by atoms with E-state index in [0.717, 1.165) is 21.4 Å². The molecule has 1 saturated heterocycles. The predicted octanol–water partition coefficient (Wildman–Crippen LogP) is 5.64. The number of benzene rings is 2. The molecule has 6 nitrogen and oxygen atoms in total. The van der Waals surface area contributed by atoms with E-state index in [9.17, 15) is 22.8 Å². The van der Waals surface area contributed by atoms with Crippen LogP contribution in [0.5, 0.6) is 0 Å². The highest BCUT2D eigenvalue weighted by molar-refractivity contribution is 8.00. The standard InChI is InChI=1S/C23H21F3N4O2S/c1-22(2)20(31)30(15-8-10-16(11-9-15)33-23(24,25)26)21(32)29(22)13-14-12-19(27-3)28-18-7-5-4-6-17(14)18/h4-12H,13H2,1-3H3,(H,27,28). The van der Waals surface area contributed by atoms with Gasteiger partial charge in [0.1, 0.15) is 11.4 Å². The highest BCUT2D eigenvalue weighted by Crippen LogP contribution is 2.39. The number of nitrogens with zero attached hydrogens (tertiary/aromatic N) is 3. The van der Waals surface area contributed by atoms with E-state index in [-0.39, 0.29) is 28.9 Å². The molecule has 1 aliphatic rings. The molecule has 4 rings (SSSR count). The van der Waals surface area contributed by atoms with Crippen molar-refractivity contribution in [3.05, 3.63) is 60.2 Å². The fourth-order valence-electron chi connectivity index (χ4n) is 3.80. The van der Waals surface area contributed by atoms with Crippen LogP contribution in [0.15, 0.2) is 59.5 Å². The Bertz CT molecular complexity index is 1230. The number of anilines is 2. The van der Waals surface area contributed by atoms with E-state index in [0.29, 0.717) is 5.82 Å². The third-order valence-electron chi connectivity index (χ3n) is 5.54. The summed E-state index contributed by atoms with van der Waals surface area (Å²) in [6.45, 7) is 3.47. The lowest BCUT2D eigenvalue weighted by Crippen LogP contribution is -2.43. The number of aromatic nitrogens is 1. The second-order valence-electron chi connectivity index (χ2n) is 8.04. The van der Waals surface area contributed by atoms with Crippen molar-refractivity contribution in [1.29, 1.82) is 0 Å². The molecule has 33 heavy (non-hydrogen) atoms. The Balaban J connectivity index is 1.67. The summed E-state index contributed by atoms with van der Waals surface area (Å²) >= 11 is -0.250. The molecule has 0 unspecified atom stereocenters. The van der Waals surface area contributed by atoms with E-state index < -0.39 is 23.0 Å². The Kier molecular flexibility index (Phi) is 5.73. The van der Waals surface area contributed by atoms with Crippen molar-refractivity contribution in [2.24, 2.45) is 0 Å². The van der Waals surface area contributed by atoms with Gasteiger partial charge in [0, 0.05) is 23.9 Å². The summed E-state index contributed by atoms with van der Waals surface area (Å²) in [5, 5.41) is 3.87. The highest BCUT2D eigenvalue weighted by atomic mass is 32.2. The van der Waals surface area contributed by atoms with Crippen LogP contribution in [0.4, 0.5) is 29.5 Å². The lowest BCUT2D eigenvalue weighted by Gasteiger charge is -2.28. The van der Waals surface area contributed by atoms with Gasteiger partial charge in [-0.25, -0.2) is 14.7 Å². The van der Waals surface area contributed by atoms with Crippen LogP contribution in [-0.2, 0) is 11.3 Å². The number of pyridine rings is 1. The number of halogens is 3. The van der Waals surface area contributed by atoms with Crippen LogP contribution >= 0.6 is 11.8 Å². The number of hydrogen-bond donors (Lipinski definition) is 1. The lowest BCUT2D eigenvalue weighted by molar-refractivity contribution is -0.123. The van der Waals surface area contributed by atoms with Crippen LogP contribution in [0.25, 0.3) is 10.9 Å². The first-order valence-corrected chi connectivity index (χ1v) is 10.9. The number of amides is 3. The molecule has 1 aromatic heterocycles. The topological polar surface area (TPSA) is 65.5 Å². The molecule has 1 aliphatic heterocycles. The molecule has 10 heteroatoms. The molecular formula is C23H21F3N4O2S. The number of para-hydroxylation sites is 1. The second-order valence-corrected chi connectivity index (χ2v) is 9.18. The number of thioether (sulfide) groups is 1. The summed E-state index contributed by atoms with van der Waals surface area (Å²) in [5.41, 5.74) is -3.77. The zero-order valence-corrected chi connectivity index (χ0v) is 18.9. The Morgan fingerprint density at radius 3 is 2.36 bits per heavy atom. The van der Waals surface area contributed by atoms with Crippen molar-refractivity contribution in [1.82, 2.24) is 9.88 Å². The van der Waals surface area contributed by atoms with Gasteiger partial charge in [-0.2, -0.15) is 13.2 Å². The SMILES string of the molecule is CNc1cc(CN2C(=O)N(c3ccc(SC(F)(F)F)cc3)C(=O)C2(C)C)c2ccccc2n1. The van der Waals surface area contributed by atoms with Crippen LogP contribution in [0.2, 0.25) is 0 Å². The maximum absolute atomic E-state index is 13.4. The molecule has 3 amide bonds. The van der Waals surface area contributed by atoms with E-state index in [1.165, 1.54) is 29.2 Å². The summed E-state index contributed by atoms with van der Waals surface area (Å²) in [6.07, 6.45) is 0. The molecule has 1 fully saturated rings. The first-order valence-electron chi connectivity index (χ1n) is 10.1. The zero-order chi connectivity index (χ0) is 24.0. The average molecular weight is 475 g/mol. The van der Waals surface area contributed by atoms with E-state index in [4.69, 9.17) is 0 Å². The third-order valence-corrected chi connectivity index (χ3v) is 6.28. The molecule has 172 valence electrons. The predicted molar refractivity (Wildman–Crippen MR) is 122 cm³/mol. The van der Waals surface area contributed by atoms with Crippen LogP contribution in [-0.4, -0.2) is 39.9 Å². The Morgan fingerprint density at radius 2 is 1.73 bits per heavy atom. The van der Waals surface area contributed by atoms with Crippen molar-refractivity contribution >= 4 is 46.1 Å². The number of carbonyl (C=O) groups excluding carboxylic acids is 2. The fraction of sp³-hybridized carbons (Fsp3) is 0.261. The minimum absolute atomic E-state index is 0.0238. The number of hydrogen-bond acceptors (Lipinski definition) is 5. The molecule has 2 heterocycles. The van der Waals surface area contributed by atoms with E-state index in [1.54, 1.807) is 20.9 Å². The average Bonchev–Trinajstić information content (AvgIpc) is 2.92. The summed E-state index contributed by atoms with van der Waals surface area (Å²) in [6, 6.07) is 14.0.